The summed E-state index contributed by atoms with van der Waals surface area (Å²) < 4.78 is 6.96. The summed E-state index contributed by atoms with van der Waals surface area (Å²) in [6.07, 6.45) is 2.04. The lowest BCUT2D eigenvalue weighted by atomic mass is 10.1. The van der Waals surface area contributed by atoms with Gasteiger partial charge >= 0.3 is 12.0 Å². The maximum absolute atomic E-state index is 13.6. The molecule has 2 amide bonds. The summed E-state index contributed by atoms with van der Waals surface area (Å²) in [5, 5.41) is 5.00. The van der Waals surface area contributed by atoms with Crippen LogP contribution in [-0.2, 0) is 11.3 Å². The van der Waals surface area contributed by atoms with Crippen LogP contribution in [0.5, 0.6) is 0 Å². The number of esters is 1. The molecule has 0 radical (unpaired) electrons. The fraction of sp³-hybridized carbons (Fsp3) is 0.120. The third-order valence-corrected chi connectivity index (χ3v) is 6.50. The minimum absolute atomic E-state index is 0.241. The van der Waals surface area contributed by atoms with Crippen molar-refractivity contribution < 1.29 is 14.3 Å². The zero-order chi connectivity index (χ0) is 22.1. The summed E-state index contributed by atoms with van der Waals surface area (Å²) in [5.74, 6) is -0.445. The van der Waals surface area contributed by atoms with Crippen molar-refractivity contribution in [3.8, 4) is 5.69 Å². The molecule has 0 unspecified atom stereocenters. The molecule has 5 rings (SSSR count). The Balaban J connectivity index is 1.56. The number of nitrogens with zero attached hydrogens (tertiary/aromatic N) is 2. The van der Waals surface area contributed by atoms with Crippen LogP contribution < -0.4 is 5.32 Å². The Kier molecular flexibility index (Phi) is 5.25. The summed E-state index contributed by atoms with van der Waals surface area (Å²) >= 11 is 1.63. The molecule has 0 spiro atoms. The number of anilines is 1. The molecule has 7 heteroatoms. The molecule has 160 valence electrons. The highest BCUT2D eigenvalue weighted by Crippen LogP contribution is 2.38. The van der Waals surface area contributed by atoms with E-state index >= 15 is 0 Å². The number of methoxy groups -OCH3 is 1. The van der Waals surface area contributed by atoms with Gasteiger partial charge in [0.25, 0.3) is 0 Å². The molecule has 1 aliphatic rings. The minimum atomic E-state index is -0.445. The van der Waals surface area contributed by atoms with E-state index in [0.29, 0.717) is 17.8 Å². The fourth-order valence-electron chi connectivity index (χ4n) is 4.12. The molecular formula is C25H21N3O3S. The molecule has 0 fully saturated rings. The van der Waals surface area contributed by atoms with Gasteiger partial charge in [-0.15, -0.1) is 11.3 Å². The monoisotopic (exact) mass is 443 g/mol. The summed E-state index contributed by atoms with van der Waals surface area (Å²) in [6.45, 7) is 0.447. The number of urea groups is 1. The highest BCUT2D eigenvalue weighted by atomic mass is 32.1. The Hall–Kier alpha value is -3.84. The Morgan fingerprint density at radius 2 is 1.91 bits per heavy atom. The van der Waals surface area contributed by atoms with Crippen molar-refractivity contribution in [1.82, 2.24) is 9.47 Å². The van der Waals surface area contributed by atoms with E-state index in [0.717, 1.165) is 21.8 Å². The normalized spacial score (nSPS) is 14.8. The molecule has 1 atom stereocenters. The van der Waals surface area contributed by atoms with Crippen LogP contribution in [0, 0.1) is 0 Å². The molecule has 2 aromatic carbocycles. The minimum Gasteiger partial charge on any atom is -0.465 e. The van der Waals surface area contributed by atoms with Gasteiger partial charge in [-0.2, -0.15) is 0 Å². The Labute approximate surface area is 189 Å². The molecule has 0 saturated heterocycles. The molecular weight excluding hydrogens is 422 g/mol. The van der Waals surface area contributed by atoms with E-state index in [2.05, 4.69) is 28.1 Å². The van der Waals surface area contributed by atoms with Crippen LogP contribution >= 0.6 is 11.3 Å². The van der Waals surface area contributed by atoms with Gasteiger partial charge in [-0.3, -0.25) is 0 Å². The first-order valence-electron chi connectivity index (χ1n) is 10.2. The number of aromatic nitrogens is 1. The Bertz CT molecular complexity index is 1280. The van der Waals surface area contributed by atoms with Crippen LogP contribution in [0.25, 0.3) is 5.69 Å². The van der Waals surface area contributed by atoms with Crippen LogP contribution in [-0.4, -0.2) is 28.6 Å². The lowest BCUT2D eigenvalue weighted by molar-refractivity contribution is 0.0600. The third-order valence-electron chi connectivity index (χ3n) is 5.57. The van der Waals surface area contributed by atoms with Crippen LogP contribution in [0.4, 0.5) is 10.5 Å². The fourth-order valence-corrected chi connectivity index (χ4v) is 4.97. The van der Waals surface area contributed by atoms with Crippen molar-refractivity contribution in [3.63, 3.8) is 0 Å². The third kappa shape index (κ3) is 3.56. The number of fused-ring (bicyclic) bond motifs is 3. The molecule has 4 aromatic rings. The number of carbonyl (C=O) groups is 2. The smallest absolute Gasteiger partial charge is 0.337 e. The van der Waals surface area contributed by atoms with E-state index in [1.165, 1.54) is 7.11 Å². The van der Waals surface area contributed by atoms with Gasteiger partial charge in [0.05, 0.1) is 30.6 Å². The summed E-state index contributed by atoms with van der Waals surface area (Å²) in [5.41, 5.74) is 4.07. The molecule has 0 saturated carbocycles. The van der Waals surface area contributed by atoms with Crippen molar-refractivity contribution in [2.75, 3.05) is 12.4 Å². The van der Waals surface area contributed by atoms with Gasteiger partial charge in [-0.05, 0) is 53.4 Å². The number of thiophene rings is 1. The van der Waals surface area contributed by atoms with Gasteiger partial charge in [0, 0.05) is 16.8 Å². The van der Waals surface area contributed by atoms with Crippen LogP contribution in [0.2, 0.25) is 0 Å². The topological polar surface area (TPSA) is 63.6 Å². The van der Waals surface area contributed by atoms with Crippen LogP contribution in [0.1, 0.15) is 32.5 Å². The van der Waals surface area contributed by atoms with Gasteiger partial charge in [0.15, 0.2) is 0 Å². The number of nitrogens with one attached hydrogen (secondary N) is 1. The van der Waals surface area contributed by atoms with Crippen molar-refractivity contribution in [3.05, 3.63) is 106 Å². The van der Waals surface area contributed by atoms with Gasteiger partial charge in [-0.1, -0.05) is 30.3 Å². The first-order chi connectivity index (χ1) is 15.7. The highest BCUT2D eigenvalue weighted by Gasteiger charge is 2.33. The van der Waals surface area contributed by atoms with E-state index < -0.39 is 5.97 Å². The number of hydrogen-bond donors (Lipinski definition) is 1. The van der Waals surface area contributed by atoms with Gasteiger partial charge < -0.3 is 19.5 Å². The SMILES string of the molecule is COC(=O)c1cccc(NC(=O)N2Cc3ccccc3-n3cccc3[C@@H]2c2cccs2)c1. The van der Waals surface area contributed by atoms with Gasteiger partial charge in [0.2, 0.25) is 0 Å². The van der Waals surface area contributed by atoms with Gasteiger partial charge in [0.1, 0.15) is 6.04 Å². The summed E-state index contributed by atoms with van der Waals surface area (Å²) in [6, 6.07) is 22.5. The van der Waals surface area contributed by atoms with Crippen molar-refractivity contribution in [2.24, 2.45) is 0 Å². The molecule has 3 heterocycles. The molecule has 1 aliphatic heterocycles. The summed E-state index contributed by atoms with van der Waals surface area (Å²) in [4.78, 5) is 28.4. The second-order valence-corrected chi connectivity index (χ2v) is 8.46. The van der Waals surface area contributed by atoms with Crippen molar-refractivity contribution in [2.45, 2.75) is 12.6 Å². The summed E-state index contributed by atoms with van der Waals surface area (Å²) in [7, 11) is 1.34. The van der Waals surface area contributed by atoms with Crippen molar-refractivity contribution >= 4 is 29.0 Å². The van der Waals surface area contributed by atoms with E-state index in [1.807, 2.05) is 46.8 Å². The highest BCUT2D eigenvalue weighted by molar-refractivity contribution is 7.10. The van der Waals surface area contributed by atoms with Crippen LogP contribution in [0.3, 0.4) is 0 Å². The molecule has 2 aromatic heterocycles. The molecule has 0 bridgehead atoms. The quantitative estimate of drug-likeness (QED) is 0.428. The van der Waals surface area contributed by atoms with Crippen molar-refractivity contribution in [1.29, 1.82) is 0 Å². The van der Waals surface area contributed by atoms with E-state index in [-0.39, 0.29) is 12.1 Å². The number of carbonyl (C=O) groups excluding carboxylic acids is 2. The Morgan fingerprint density at radius 1 is 1.03 bits per heavy atom. The lowest BCUT2D eigenvalue weighted by Crippen LogP contribution is -2.37. The molecule has 6 nitrogen and oxygen atoms in total. The van der Waals surface area contributed by atoms with Crippen LogP contribution in [0.15, 0.2) is 84.4 Å². The first kappa shape index (κ1) is 20.1. The molecule has 1 N–H and O–H groups in total. The Morgan fingerprint density at radius 3 is 2.72 bits per heavy atom. The lowest BCUT2D eigenvalue weighted by Gasteiger charge is -2.30. The largest absolute Gasteiger partial charge is 0.465 e. The standard InChI is InChI=1S/C25H21N3O3S/c1-31-24(29)17-8-4-9-19(15-17)26-25(30)28-16-18-7-2-3-10-20(18)27-13-5-11-21(27)23(28)22-12-6-14-32-22/h2-15,23H,16H2,1H3,(H,26,30)/t23-/m1/s1. The zero-order valence-electron chi connectivity index (χ0n) is 17.4. The van der Waals surface area contributed by atoms with Gasteiger partial charge in [-0.25, -0.2) is 9.59 Å². The number of amides is 2. The second-order valence-electron chi connectivity index (χ2n) is 7.48. The predicted octanol–water partition coefficient (Wildman–Crippen LogP) is 5.46. The average Bonchev–Trinajstić information content (AvgIpc) is 3.50. The number of ether oxygens (including phenoxy) is 1. The van der Waals surface area contributed by atoms with E-state index in [9.17, 15) is 9.59 Å². The predicted molar refractivity (Wildman–Crippen MR) is 124 cm³/mol. The molecule has 32 heavy (non-hydrogen) atoms. The number of hydrogen-bond acceptors (Lipinski definition) is 4. The number of para-hydroxylation sites is 1. The molecule has 0 aliphatic carbocycles. The van der Waals surface area contributed by atoms with E-state index in [4.69, 9.17) is 4.74 Å². The first-order valence-corrected chi connectivity index (χ1v) is 11.1. The number of rotatable bonds is 3. The zero-order valence-corrected chi connectivity index (χ0v) is 18.2. The maximum atomic E-state index is 13.6. The number of benzene rings is 2. The average molecular weight is 444 g/mol. The van der Waals surface area contributed by atoms with E-state index in [1.54, 1.807) is 35.6 Å². The maximum Gasteiger partial charge on any atom is 0.337 e. The second kappa shape index (κ2) is 8.36.